The Balaban J connectivity index is 0. The van der Waals surface area contributed by atoms with E-state index in [0.29, 0.717) is 37.9 Å². The van der Waals surface area contributed by atoms with Crippen LogP contribution in [0.15, 0.2) is 0 Å². The molecule has 0 heterocycles. The van der Waals surface area contributed by atoms with Gasteiger partial charge >= 0.3 is 29.6 Å². The molecule has 0 rings (SSSR count). The molecule has 0 fully saturated rings. The van der Waals surface area contributed by atoms with Crippen molar-refractivity contribution in [2.75, 3.05) is 61.9 Å². The maximum absolute atomic E-state index is 12.0. The molecular formula is C31H64N3NaO5S+2. The minimum atomic E-state index is -4.27. The fourth-order valence-corrected chi connectivity index (χ4v) is 5.84. The Morgan fingerprint density at radius 2 is 1.00 bits per heavy atom. The number of amides is 1. The third-order valence-corrected chi connectivity index (χ3v) is 8.72. The minimum Gasteiger partial charge on any atom is -0.748 e. The molecule has 8 nitrogen and oxygen atoms in total. The fraction of sp³-hybridized carbons (Fsp3) is 0.935. The number of nitrogens with one attached hydrogen (secondary N) is 1. The first kappa shape index (κ1) is 43.1. The number of unbranched alkanes of at least 4 members (excludes halogenated alkanes) is 10. The molecule has 0 spiro atoms. The first-order chi connectivity index (χ1) is 18.6. The van der Waals surface area contributed by atoms with Gasteiger partial charge in [0.15, 0.2) is 0 Å². The summed E-state index contributed by atoms with van der Waals surface area (Å²) >= 11 is 0. The van der Waals surface area contributed by atoms with Gasteiger partial charge in [-0.3, -0.25) is 9.59 Å². The van der Waals surface area contributed by atoms with Crippen LogP contribution in [0.3, 0.4) is 0 Å². The van der Waals surface area contributed by atoms with Gasteiger partial charge in [-0.2, -0.15) is 0 Å². The molecule has 1 atom stereocenters. The summed E-state index contributed by atoms with van der Waals surface area (Å²) in [4.78, 5) is 23.9. The van der Waals surface area contributed by atoms with Crippen molar-refractivity contribution in [2.24, 2.45) is 0 Å². The molecule has 10 heteroatoms. The van der Waals surface area contributed by atoms with Crippen LogP contribution in [-0.4, -0.2) is 101 Å². The first-order valence-corrected chi connectivity index (χ1v) is 17.4. The van der Waals surface area contributed by atoms with E-state index < -0.39 is 15.4 Å². The number of nitrogens with zero attached hydrogens (tertiary/aromatic N) is 2. The fourth-order valence-electron chi connectivity index (χ4n) is 4.93. The third-order valence-electron chi connectivity index (χ3n) is 7.43. The predicted octanol–water partition coefficient (Wildman–Crippen LogP) is 2.41. The molecule has 41 heavy (non-hydrogen) atoms. The van der Waals surface area contributed by atoms with E-state index in [9.17, 15) is 22.6 Å². The van der Waals surface area contributed by atoms with Gasteiger partial charge in [-0.05, 0) is 38.5 Å². The normalized spacial score (nSPS) is 13.0. The van der Waals surface area contributed by atoms with Gasteiger partial charge in [-0.25, -0.2) is 8.42 Å². The molecule has 0 aliphatic rings. The van der Waals surface area contributed by atoms with Crippen molar-refractivity contribution in [1.82, 2.24) is 5.32 Å². The Kier molecular flexibility index (Phi) is 25.6. The Labute approximate surface area is 276 Å². The zero-order valence-corrected chi connectivity index (χ0v) is 30.8. The summed E-state index contributed by atoms with van der Waals surface area (Å²) < 4.78 is 37.0. The van der Waals surface area contributed by atoms with Crippen molar-refractivity contribution in [3.8, 4) is 0 Å². The van der Waals surface area contributed by atoms with E-state index in [1.165, 1.54) is 0 Å². The Morgan fingerprint density at radius 3 is 1.46 bits per heavy atom. The van der Waals surface area contributed by atoms with E-state index in [-0.39, 0.29) is 35.5 Å². The number of hydrogen-bond donors (Lipinski definition) is 1. The van der Waals surface area contributed by atoms with Gasteiger partial charge in [-0.1, -0.05) is 57.8 Å². The topological polar surface area (TPSA) is 103 Å². The molecule has 0 radical (unpaired) electrons. The quantitative estimate of drug-likeness (QED) is 0.0664. The van der Waals surface area contributed by atoms with E-state index in [2.05, 4.69) is 47.6 Å². The second kappa shape index (κ2) is 24.3. The summed E-state index contributed by atoms with van der Waals surface area (Å²) in [7, 11) is 8.67. The van der Waals surface area contributed by atoms with Gasteiger partial charge in [-0.15, -0.1) is 0 Å². The maximum atomic E-state index is 12.0. The maximum Gasteiger partial charge on any atom is 1.00 e. The summed E-state index contributed by atoms with van der Waals surface area (Å²) in [5.41, 5.74) is 0. The number of hydrogen-bond acceptors (Lipinski definition) is 5. The molecule has 238 valence electrons. The van der Waals surface area contributed by atoms with E-state index in [1.54, 1.807) is 0 Å². The first-order valence-electron chi connectivity index (χ1n) is 15.9. The average Bonchev–Trinajstić information content (AvgIpc) is 2.82. The molecule has 0 bridgehead atoms. The largest absolute Gasteiger partial charge is 1.00 e. The molecule has 1 amide bonds. The van der Waals surface area contributed by atoms with Gasteiger partial charge in [0.1, 0.15) is 5.78 Å². The molecule has 1 N–H and O–H groups in total. The van der Waals surface area contributed by atoms with Crippen LogP contribution in [0.2, 0.25) is 0 Å². The smallest absolute Gasteiger partial charge is 0.748 e. The summed E-state index contributed by atoms with van der Waals surface area (Å²) in [6.45, 7) is 2.85. The molecule has 0 aromatic rings. The predicted molar refractivity (Wildman–Crippen MR) is 165 cm³/mol. The molecule has 0 saturated heterocycles. The van der Waals surface area contributed by atoms with Crippen LogP contribution in [0.5, 0.6) is 0 Å². The molecule has 0 saturated carbocycles. The second-order valence-corrected chi connectivity index (χ2v) is 15.5. The molecule has 1 unspecified atom stereocenters. The number of quaternary nitrogens is 2. The van der Waals surface area contributed by atoms with Gasteiger partial charge in [0.25, 0.3) is 0 Å². The van der Waals surface area contributed by atoms with Gasteiger partial charge in [0, 0.05) is 37.5 Å². The molecule has 0 aromatic heterocycles. The molecule has 0 aliphatic carbocycles. The van der Waals surface area contributed by atoms with Crippen LogP contribution in [0.4, 0.5) is 0 Å². The standard InChI is InChI=1S/C31H63N3O5S.Na/c1-33(2,3)27-19-18-22-29(35)21-14-10-7-8-11-15-23-30(40(37,38)39)24-16-12-9-13-17-25-31(36)32-26-20-28-34(4,5)6;/h30H,7-28H2,1-6H3;/q;+1/p+1. The minimum absolute atomic E-state index is 0. The van der Waals surface area contributed by atoms with Crippen molar-refractivity contribution in [3.63, 3.8) is 0 Å². The molecule has 0 aliphatic heterocycles. The van der Waals surface area contributed by atoms with E-state index >= 15 is 0 Å². The van der Waals surface area contributed by atoms with E-state index in [4.69, 9.17) is 0 Å². The van der Waals surface area contributed by atoms with Gasteiger partial charge in [0.05, 0.1) is 65.5 Å². The average molecular weight is 614 g/mol. The Bertz CT molecular complexity index is 780. The van der Waals surface area contributed by atoms with Crippen LogP contribution in [0, 0.1) is 0 Å². The van der Waals surface area contributed by atoms with Crippen molar-refractivity contribution in [3.05, 3.63) is 0 Å². The second-order valence-electron chi connectivity index (χ2n) is 13.8. The zero-order chi connectivity index (χ0) is 30.5. The Morgan fingerprint density at radius 1 is 0.610 bits per heavy atom. The number of carbonyl (C=O) groups is 2. The SMILES string of the molecule is C[N+](C)(C)CCCCC(=O)CCCCCCCCC(CCCCCCCC(=O)NCCC[N+](C)(C)C)S(=O)(=O)[O-].[Na+]. The van der Waals surface area contributed by atoms with Crippen molar-refractivity contribution in [2.45, 2.75) is 127 Å². The number of carbonyl (C=O) groups excluding carboxylic acids is 2. The van der Waals surface area contributed by atoms with E-state index in [0.717, 1.165) is 118 Å². The summed E-state index contributed by atoms with van der Waals surface area (Å²) in [5, 5.41) is 2.20. The van der Waals surface area contributed by atoms with E-state index in [1.807, 2.05) is 0 Å². The van der Waals surface area contributed by atoms with Crippen LogP contribution < -0.4 is 34.9 Å². The summed E-state index contributed by atoms with van der Waals surface area (Å²) in [6, 6.07) is 0. The van der Waals surface area contributed by atoms with Gasteiger partial charge in [0.2, 0.25) is 5.91 Å². The Hall–Kier alpha value is -0.0300. The van der Waals surface area contributed by atoms with Crippen LogP contribution in [0.25, 0.3) is 0 Å². The van der Waals surface area contributed by atoms with Crippen LogP contribution in [-0.2, 0) is 19.7 Å². The summed E-state index contributed by atoms with van der Waals surface area (Å²) in [6.07, 6.45) is 16.0. The van der Waals surface area contributed by atoms with Crippen LogP contribution >= 0.6 is 0 Å². The number of ketones is 1. The van der Waals surface area contributed by atoms with Crippen molar-refractivity contribution in [1.29, 1.82) is 0 Å². The molecule has 0 aromatic carbocycles. The monoisotopic (exact) mass is 613 g/mol. The van der Waals surface area contributed by atoms with Gasteiger partial charge < -0.3 is 18.8 Å². The van der Waals surface area contributed by atoms with Crippen molar-refractivity contribution >= 4 is 21.8 Å². The molecular weight excluding hydrogens is 549 g/mol. The summed E-state index contributed by atoms with van der Waals surface area (Å²) in [5.74, 6) is 0.478. The third kappa shape index (κ3) is 31.2. The number of Topliss-reactive ketones (excluding diaryl/α,β-unsaturated/α-hetero) is 1. The number of rotatable bonds is 27. The van der Waals surface area contributed by atoms with Crippen LogP contribution in [0.1, 0.15) is 122 Å². The zero-order valence-electron chi connectivity index (χ0n) is 28.0. The van der Waals surface area contributed by atoms with Crippen molar-refractivity contribution < 1.29 is 61.1 Å².